The number of nitrogens with zero attached hydrogens (tertiary/aromatic N) is 5. The van der Waals surface area contributed by atoms with Crippen LogP contribution in [0.5, 0.6) is 0 Å². The molecule has 0 aliphatic carbocycles. The summed E-state index contributed by atoms with van der Waals surface area (Å²) in [5.74, 6) is 0.992. The molecule has 3 heterocycles. The lowest BCUT2D eigenvalue weighted by Crippen LogP contribution is -2.30. The molecule has 2 aromatic heterocycles. The molecule has 0 atom stereocenters. The van der Waals surface area contributed by atoms with Gasteiger partial charge in [0.25, 0.3) is 5.91 Å². The third kappa shape index (κ3) is 3.31. The summed E-state index contributed by atoms with van der Waals surface area (Å²) in [7, 11) is 0. The Morgan fingerprint density at radius 3 is 2.71 bits per heavy atom. The molecule has 7 nitrogen and oxygen atoms in total. The smallest absolute Gasteiger partial charge is 0.277 e. The number of nitrogens with one attached hydrogen (secondary N) is 1. The van der Waals surface area contributed by atoms with Crippen molar-refractivity contribution in [2.45, 2.75) is 19.3 Å². The highest BCUT2D eigenvalue weighted by atomic mass is 16.1. The van der Waals surface area contributed by atoms with Gasteiger partial charge in [-0.3, -0.25) is 9.78 Å². The van der Waals surface area contributed by atoms with E-state index in [0.717, 1.165) is 18.9 Å². The Kier molecular flexibility index (Phi) is 3.99. The molecule has 1 aliphatic heterocycles. The van der Waals surface area contributed by atoms with Crippen molar-refractivity contribution in [3.8, 4) is 0 Å². The minimum atomic E-state index is -0.327. The standard InChI is InChI=1S/C14H16N6O/c21-14(11-9-15-4-5-16-11)19-12-8-13(18-10-17-12)20-6-2-1-3-7-20/h4-5,8-10H,1-3,6-7H2,(H,17,18,19,21). The van der Waals surface area contributed by atoms with Crippen LogP contribution in [0.2, 0.25) is 0 Å². The first-order valence-electron chi connectivity index (χ1n) is 6.97. The van der Waals surface area contributed by atoms with E-state index in [1.807, 2.05) is 0 Å². The number of aromatic nitrogens is 4. The topological polar surface area (TPSA) is 83.9 Å². The number of amides is 1. The molecular weight excluding hydrogens is 268 g/mol. The van der Waals surface area contributed by atoms with Gasteiger partial charge in [0, 0.05) is 31.5 Å². The van der Waals surface area contributed by atoms with Crippen LogP contribution >= 0.6 is 0 Å². The Labute approximate surface area is 122 Å². The van der Waals surface area contributed by atoms with Crippen molar-refractivity contribution in [1.82, 2.24) is 19.9 Å². The predicted octanol–water partition coefficient (Wildman–Crippen LogP) is 1.51. The van der Waals surface area contributed by atoms with Gasteiger partial charge in [0.2, 0.25) is 0 Å². The fourth-order valence-corrected chi connectivity index (χ4v) is 2.31. The molecule has 1 fully saturated rings. The van der Waals surface area contributed by atoms with E-state index in [9.17, 15) is 4.79 Å². The number of anilines is 2. The molecular formula is C14H16N6O. The van der Waals surface area contributed by atoms with Crippen LogP contribution in [0.3, 0.4) is 0 Å². The quantitative estimate of drug-likeness (QED) is 0.919. The number of carbonyl (C=O) groups excluding carboxylic acids is 1. The molecule has 0 radical (unpaired) electrons. The molecule has 3 rings (SSSR count). The van der Waals surface area contributed by atoms with Crippen molar-refractivity contribution in [2.75, 3.05) is 23.3 Å². The number of rotatable bonds is 3. The molecule has 1 N–H and O–H groups in total. The van der Waals surface area contributed by atoms with Crippen LogP contribution in [0.15, 0.2) is 31.0 Å². The molecule has 0 unspecified atom stereocenters. The van der Waals surface area contributed by atoms with E-state index in [1.54, 1.807) is 6.07 Å². The maximum Gasteiger partial charge on any atom is 0.277 e. The van der Waals surface area contributed by atoms with Crippen LogP contribution in [-0.4, -0.2) is 38.9 Å². The number of hydrogen-bond donors (Lipinski definition) is 1. The third-order valence-corrected chi connectivity index (χ3v) is 3.37. The monoisotopic (exact) mass is 284 g/mol. The molecule has 7 heteroatoms. The zero-order valence-electron chi connectivity index (χ0n) is 11.6. The second-order valence-electron chi connectivity index (χ2n) is 4.85. The highest BCUT2D eigenvalue weighted by Gasteiger charge is 2.14. The summed E-state index contributed by atoms with van der Waals surface area (Å²) in [6, 6.07) is 1.79. The van der Waals surface area contributed by atoms with Gasteiger partial charge >= 0.3 is 0 Å². The van der Waals surface area contributed by atoms with E-state index in [0.29, 0.717) is 5.82 Å². The van der Waals surface area contributed by atoms with Crippen LogP contribution in [0, 0.1) is 0 Å². The molecule has 21 heavy (non-hydrogen) atoms. The van der Waals surface area contributed by atoms with E-state index < -0.39 is 0 Å². The van der Waals surface area contributed by atoms with Crippen LogP contribution in [0.1, 0.15) is 29.8 Å². The van der Waals surface area contributed by atoms with Gasteiger partial charge in [-0.2, -0.15) is 0 Å². The molecule has 1 aliphatic rings. The summed E-state index contributed by atoms with van der Waals surface area (Å²) in [6.45, 7) is 1.99. The summed E-state index contributed by atoms with van der Waals surface area (Å²) in [5.41, 5.74) is 0.260. The van der Waals surface area contributed by atoms with E-state index in [4.69, 9.17) is 0 Å². The molecule has 2 aromatic rings. The molecule has 0 saturated carbocycles. The van der Waals surface area contributed by atoms with Gasteiger partial charge in [-0.15, -0.1) is 0 Å². The Morgan fingerprint density at radius 1 is 1.10 bits per heavy atom. The average Bonchev–Trinajstić information content (AvgIpc) is 2.57. The van der Waals surface area contributed by atoms with E-state index in [2.05, 4.69) is 30.2 Å². The highest BCUT2D eigenvalue weighted by Crippen LogP contribution is 2.19. The fourth-order valence-electron chi connectivity index (χ4n) is 2.31. The van der Waals surface area contributed by atoms with Crippen molar-refractivity contribution in [1.29, 1.82) is 0 Å². The van der Waals surface area contributed by atoms with Gasteiger partial charge in [-0.25, -0.2) is 15.0 Å². The zero-order chi connectivity index (χ0) is 14.5. The van der Waals surface area contributed by atoms with Gasteiger partial charge < -0.3 is 10.2 Å². The third-order valence-electron chi connectivity index (χ3n) is 3.37. The zero-order valence-corrected chi connectivity index (χ0v) is 11.6. The lowest BCUT2D eigenvalue weighted by molar-refractivity contribution is 0.102. The normalized spacial score (nSPS) is 14.8. The van der Waals surface area contributed by atoms with Gasteiger partial charge in [-0.05, 0) is 19.3 Å². The van der Waals surface area contributed by atoms with Crippen molar-refractivity contribution in [3.05, 3.63) is 36.7 Å². The maximum atomic E-state index is 12.0. The first-order chi connectivity index (χ1) is 10.3. The maximum absolute atomic E-state index is 12.0. The van der Waals surface area contributed by atoms with Gasteiger partial charge in [-0.1, -0.05) is 0 Å². The van der Waals surface area contributed by atoms with Crippen molar-refractivity contribution < 1.29 is 4.79 Å². The molecule has 0 aromatic carbocycles. The summed E-state index contributed by atoms with van der Waals surface area (Å²) in [4.78, 5) is 30.4. The SMILES string of the molecule is O=C(Nc1cc(N2CCCCC2)ncn1)c1cnccn1. The van der Waals surface area contributed by atoms with Gasteiger partial charge in [0.15, 0.2) is 0 Å². The summed E-state index contributed by atoms with van der Waals surface area (Å²) >= 11 is 0. The van der Waals surface area contributed by atoms with E-state index in [-0.39, 0.29) is 11.6 Å². The first-order valence-corrected chi connectivity index (χ1v) is 6.97. The van der Waals surface area contributed by atoms with Crippen molar-refractivity contribution in [2.24, 2.45) is 0 Å². The Bertz CT molecular complexity index is 612. The second-order valence-corrected chi connectivity index (χ2v) is 4.85. The fraction of sp³-hybridized carbons (Fsp3) is 0.357. The van der Waals surface area contributed by atoms with E-state index >= 15 is 0 Å². The minimum Gasteiger partial charge on any atom is -0.356 e. The second kappa shape index (κ2) is 6.25. The molecule has 108 valence electrons. The molecule has 0 bridgehead atoms. The lowest BCUT2D eigenvalue weighted by atomic mass is 10.1. The highest BCUT2D eigenvalue weighted by molar-refractivity contribution is 6.02. The summed E-state index contributed by atoms with van der Waals surface area (Å²) in [5, 5.41) is 2.72. The van der Waals surface area contributed by atoms with Crippen molar-refractivity contribution in [3.63, 3.8) is 0 Å². The van der Waals surface area contributed by atoms with Crippen molar-refractivity contribution >= 4 is 17.5 Å². The molecule has 1 amide bonds. The van der Waals surface area contributed by atoms with Crippen LogP contribution in [0.4, 0.5) is 11.6 Å². The van der Waals surface area contributed by atoms with Gasteiger partial charge in [0.1, 0.15) is 23.7 Å². The predicted molar refractivity (Wildman–Crippen MR) is 78.1 cm³/mol. The number of piperidine rings is 1. The van der Waals surface area contributed by atoms with E-state index in [1.165, 1.54) is 44.2 Å². The summed E-state index contributed by atoms with van der Waals surface area (Å²) < 4.78 is 0. The van der Waals surface area contributed by atoms with Crippen LogP contribution < -0.4 is 10.2 Å². The number of carbonyl (C=O) groups is 1. The van der Waals surface area contributed by atoms with Gasteiger partial charge in [0.05, 0.1) is 6.20 Å². The Hall–Kier alpha value is -2.57. The largest absolute Gasteiger partial charge is 0.356 e. The van der Waals surface area contributed by atoms with Crippen LogP contribution in [-0.2, 0) is 0 Å². The first kappa shape index (κ1) is 13.4. The Balaban J connectivity index is 1.72. The summed E-state index contributed by atoms with van der Waals surface area (Å²) in [6.07, 6.45) is 9.50. The lowest BCUT2D eigenvalue weighted by Gasteiger charge is -2.27. The minimum absolute atomic E-state index is 0.260. The average molecular weight is 284 g/mol. The Morgan fingerprint density at radius 2 is 1.95 bits per heavy atom. The molecule has 0 spiro atoms. The molecule has 1 saturated heterocycles. The van der Waals surface area contributed by atoms with Crippen LogP contribution in [0.25, 0.3) is 0 Å². The number of hydrogen-bond acceptors (Lipinski definition) is 6.